The topological polar surface area (TPSA) is 81.8 Å². The van der Waals surface area contributed by atoms with Crippen molar-refractivity contribution in [3.05, 3.63) is 86.9 Å². The van der Waals surface area contributed by atoms with Gasteiger partial charge < -0.3 is 5.32 Å². The molecule has 2 heterocycles. The summed E-state index contributed by atoms with van der Waals surface area (Å²) in [7, 11) is 0. The number of benzene rings is 2. The number of hydrogen-bond donors (Lipinski definition) is 1. The highest BCUT2D eigenvalue weighted by Gasteiger charge is 2.25. The largest absolute Gasteiger partial charge is 0.350 e. The predicted octanol–water partition coefficient (Wildman–Crippen LogP) is 4.12. The van der Waals surface area contributed by atoms with Crippen LogP contribution in [0.25, 0.3) is 16.6 Å². The first-order valence-electron chi connectivity index (χ1n) is 10.5. The maximum atomic E-state index is 13.4. The summed E-state index contributed by atoms with van der Waals surface area (Å²) in [6, 6.07) is 16.2. The van der Waals surface area contributed by atoms with Crippen molar-refractivity contribution in [3.8, 4) is 5.69 Å². The molecule has 0 aliphatic rings. The molecule has 1 amide bonds. The SMILES string of the molecule is CC[C@@H](C(=O)NCc1ccc(Cl)cc1)n1nc(C)c2nn(-c3ccccc3)c(C)c2c1=O. The fourth-order valence-corrected chi connectivity index (χ4v) is 3.92. The van der Waals surface area contributed by atoms with Crippen LogP contribution in [-0.4, -0.2) is 25.5 Å². The molecule has 4 aromatic rings. The molecule has 1 atom stereocenters. The second-order valence-corrected chi connectivity index (χ2v) is 8.10. The first-order valence-corrected chi connectivity index (χ1v) is 10.8. The number of nitrogens with zero attached hydrogens (tertiary/aromatic N) is 4. The maximum absolute atomic E-state index is 13.4. The molecule has 0 aliphatic carbocycles. The molecule has 7 nitrogen and oxygen atoms in total. The lowest BCUT2D eigenvalue weighted by Crippen LogP contribution is -2.38. The van der Waals surface area contributed by atoms with E-state index in [1.807, 2.05) is 56.3 Å². The molecule has 0 bridgehead atoms. The van der Waals surface area contributed by atoms with Crippen LogP contribution in [0.3, 0.4) is 0 Å². The third-order valence-electron chi connectivity index (χ3n) is 5.50. The Hall–Kier alpha value is -3.45. The van der Waals surface area contributed by atoms with Crippen molar-refractivity contribution < 1.29 is 4.79 Å². The second kappa shape index (κ2) is 8.96. The predicted molar refractivity (Wildman–Crippen MR) is 125 cm³/mol. The lowest BCUT2D eigenvalue weighted by molar-refractivity contribution is -0.125. The molecule has 4 rings (SSSR count). The lowest BCUT2D eigenvalue weighted by atomic mass is 10.1. The molecule has 164 valence electrons. The van der Waals surface area contributed by atoms with E-state index in [1.54, 1.807) is 23.7 Å². The number of aryl methyl sites for hydroxylation is 2. The van der Waals surface area contributed by atoms with Crippen molar-refractivity contribution in [3.63, 3.8) is 0 Å². The normalized spacial score (nSPS) is 12.1. The maximum Gasteiger partial charge on any atom is 0.278 e. The van der Waals surface area contributed by atoms with E-state index in [9.17, 15) is 9.59 Å². The number of carbonyl (C=O) groups is 1. The summed E-state index contributed by atoms with van der Waals surface area (Å²) >= 11 is 5.92. The Kier molecular flexibility index (Phi) is 6.10. The highest BCUT2D eigenvalue weighted by molar-refractivity contribution is 6.30. The highest BCUT2D eigenvalue weighted by Crippen LogP contribution is 2.21. The average molecular weight is 450 g/mol. The average Bonchev–Trinajstić information content (AvgIpc) is 3.16. The number of rotatable bonds is 6. The molecule has 2 aromatic heterocycles. The van der Waals surface area contributed by atoms with Crippen LogP contribution in [0.4, 0.5) is 0 Å². The first kappa shape index (κ1) is 21.8. The zero-order chi connectivity index (χ0) is 22.8. The van der Waals surface area contributed by atoms with Gasteiger partial charge in [0.15, 0.2) is 0 Å². The smallest absolute Gasteiger partial charge is 0.278 e. The van der Waals surface area contributed by atoms with E-state index >= 15 is 0 Å². The van der Waals surface area contributed by atoms with Crippen LogP contribution in [0.1, 0.15) is 36.3 Å². The van der Waals surface area contributed by atoms with Gasteiger partial charge in [-0.05, 0) is 50.1 Å². The number of fused-ring (bicyclic) bond motifs is 1. The van der Waals surface area contributed by atoms with Crippen LogP contribution in [0.2, 0.25) is 5.02 Å². The van der Waals surface area contributed by atoms with Crippen molar-refractivity contribution >= 4 is 28.4 Å². The van der Waals surface area contributed by atoms with Gasteiger partial charge in [-0.25, -0.2) is 9.36 Å². The molecule has 0 saturated carbocycles. The fourth-order valence-electron chi connectivity index (χ4n) is 3.79. The summed E-state index contributed by atoms with van der Waals surface area (Å²) in [4.78, 5) is 26.4. The van der Waals surface area contributed by atoms with E-state index in [0.717, 1.165) is 11.3 Å². The third kappa shape index (κ3) is 4.03. The summed E-state index contributed by atoms with van der Waals surface area (Å²) in [6.45, 7) is 5.86. The Morgan fingerprint density at radius 3 is 2.41 bits per heavy atom. The number of aromatic nitrogens is 4. The van der Waals surface area contributed by atoms with Gasteiger partial charge in [-0.1, -0.05) is 48.9 Å². The quantitative estimate of drug-likeness (QED) is 0.480. The summed E-state index contributed by atoms with van der Waals surface area (Å²) in [5.74, 6) is -0.260. The summed E-state index contributed by atoms with van der Waals surface area (Å²) in [5, 5.41) is 13.1. The van der Waals surface area contributed by atoms with E-state index in [-0.39, 0.29) is 11.5 Å². The number of hydrogen-bond acceptors (Lipinski definition) is 4. The van der Waals surface area contributed by atoms with Crippen LogP contribution in [0.5, 0.6) is 0 Å². The van der Waals surface area contributed by atoms with Gasteiger partial charge in [-0.3, -0.25) is 9.59 Å². The number of carbonyl (C=O) groups excluding carboxylic acids is 1. The van der Waals surface area contributed by atoms with Gasteiger partial charge in [0.05, 0.1) is 22.5 Å². The van der Waals surface area contributed by atoms with E-state index in [1.165, 1.54) is 4.68 Å². The Morgan fingerprint density at radius 2 is 1.75 bits per heavy atom. The zero-order valence-electron chi connectivity index (χ0n) is 18.2. The summed E-state index contributed by atoms with van der Waals surface area (Å²) in [5.41, 5.74) is 3.32. The molecule has 32 heavy (non-hydrogen) atoms. The minimum atomic E-state index is -0.725. The van der Waals surface area contributed by atoms with Crippen molar-refractivity contribution in [2.45, 2.75) is 39.8 Å². The Balaban J connectivity index is 1.70. The molecule has 2 aromatic carbocycles. The third-order valence-corrected chi connectivity index (χ3v) is 5.76. The van der Waals surface area contributed by atoms with E-state index < -0.39 is 6.04 Å². The van der Waals surface area contributed by atoms with E-state index in [2.05, 4.69) is 15.5 Å². The van der Waals surface area contributed by atoms with Gasteiger partial charge in [0.25, 0.3) is 5.56 Å². The molecular formula is C24H24ClN5O2. The number of amides is 1. The van der Waals surface area contributed by atoms with Crippen LogP contribution in [-0.2, 0) is 11.3 Å². The van der Waals surface area contributed by atoms with E-state index in [0.29, 0.717) is 40.3 Å². The first-order chi connectivity index (χ1) is 15.4. The minimum absolute atomic E-state index is 0.260. The van der Waals surface area contributed by atoms with Gasteiger partial charge in [0.2, 0.25) is 5.91 Å². The van der Waals surface area contributed by atoms with Gasteiger partial charge in [-0.2, -0.15) is 10.2 Å². The van der Waals surface area contributed by atoms with Crippen LogP contribution >= 0.6 is 11.6 Å². The van der Waals surface area contributed by atoms with Crippen molar-refractivity contribution in [2.24, 2.45) is 0 Å². The summed E-state index contributed by atoms with van der Waals surface area (Å²) < 4.78 is 3.03. The molecule has 0 aliphatic heterocycles. The standard InChI is InChI=1S/C24H24ClN5O2/c1-4-20(23(31)26-14-17-10-12-18(25)13-11-17)30-24(32)21-16(3)29(19-8-6-5-7-9-19)28-22(21)15(2)27-30/h5-13,20H,4,14H2,1-3H3,(H,26,31)/t20-/m0/s1. The molecule has 0 spiro atoms. The zero-order valence-corrected chi connectivity index (χ0v) is 18.9. The minimum Gasteiger partial charge on any atom is -0.350 e. The molecule has 8 heteroatoms. The molecular weight excluding hydrogens is 426 g/mol. The lowest BCUT2D eigenvalue weighted by Gasteiger charge is -2.17. The van der Waals surface area contributed by atoms with Crippen LogP contribution in [0, 0.1) is 13.8 Å². The Bertz CT molecular complexity index is 1330. The van der Waals surface area contributed by atoms with Gasteiger partial charge in [-0.15, -0.1) is 0 Å². The highest BCUT2D eigenvalue weighted by atomic mass is 35.5. The second-order valence-electron chi connectivity index (χ2n) is 7.66. The monoisotopic (exact) mass is 449 g/mol. The Labute approximate surface area is 190 Å². The fraction of sp³-hybridized carbons (Fsp3) is 0.250. The van der Waals surface area contributed by atoms with Crippen molar-refractivity contribution in [2.75, 3.05) is 0 Å². The number of nitrogens with one attached hydrogen (secondary N) is 1. The van der Waals surface area contributed by atoms with Crippen LogP contribution < -0.4 is 10.9 Å². The molecule has 0 unspecified atom stereocenters. The molecule has 0 radical (unpaired) electrons. The van der Waals surface area contributed by atoms with Crippen molar-refractivity contribution in [1.29, 1.82) is 0 Å². The van der Waals surface area contributed by atoms with Gasteiger partial charge in [0, 0.05) is 11.6 Å². The Morgan fingerprint density at radius 1 is 1.06 bits per heavy atom. The molecule has 1 N–H and O–H groups in total. The van der Waals surface area contributed by atoms with Crippen molar-refractivity contribution in [1.82, 2.24) is 24.9 Å². The number of halogens is 1. The van der Waals surface area contributed by atoms with Crippen LogP contribution in [0.15, 0.2) is 59.4 Å². The van der Waals surface area contributed by atoms with Gasteiger partial charge in [0.1, 0.15) is 11.6 Å². The summed E-state index contributed by atoms with van der Waals surface area (Å²) in [6.07, 6.45) is 0.427. The molecule has 0 saturated heterocycles. The van der Waals surface area contributed by atoms with Gasteiger partial charge >= 0.3 is 0 Å². The van der Waals surface area contributed by atoms with E-state index in [4.69, 9.17) is 11.6 Å². The molecule has 0 fully saturated rings. The number of para-hydroxylation sites is 1.